The SMILES string of the molecule is Cc1cccc(C#Cc2cn(-c3cc[nH]c(=O)c3)c(C)n2)c1.Cc1cccc(C#Cc2cn(-c3ccn(C)c(=O)c3)c(C)n2)c1. The minimum atomic E-state index is -0.141. The standard InChI is InChI=1S/C19H17N3O.C18H15N3O/c1-14-5-4-6-16(11-14)7-8-17-13-22(15(2)20-17)18-9-10-21(3)19(23)12-18;1-13-4-3-5-15(10-13)6-7-16-12-21(14(2)20-16)17-8-9-19-18(22)11-17/h4-6,9-13H,1-3H3;3-5,8-12H,1-2H3,(H,19,22). The van der Waals surface area contributed by atoms with E-state index in [-0.39, 0.29) is 11.1 Å². The number of hydrogen-bond acceptors (Lipinski definition) is 4. The highest BCUT2D eigenvalue weighted by Crippen LogP contribution is 2.12. The number of nitrogens with zero attached hydrogens (tertiary/aromatic N) is 5. The van der Waals surface area contributed by atoms with E-state index < -0.39 is 0 Å². The third-order valence-electron chi connectivity index (χ3n) is 6.87. The summed E-state index contributed by atoms with van der Waals surface area (Å²) in [6.07, 6.45) is 7.06. The molecule has 0 aliphatic heterocycles. The van der Waals surface area contributed by atoms with Crippen molar-refractivity contribution in [1.82, 2.24) is 28.7 Å². The average molecular weight is 593 g/mol. The Labute approximate surface area is 261 Å². The number of aryl methyl sites for hydroxylation is 5. The van der Waals surface area contributed by atoms with Gasteiger partial charge in [0.25, 0.3) is 5.56 Å². The predicted molar refractivity (Wildman–Crippen MR) is 177 cm³/mol. The largest absolute Gasteiger partial charge is 0.329 e. The van der Waals surface area contributed by atoms with E-state index in [0.29, 0.717) is 11.4 Å². The molecule has 6 aromatic rings. The van der Waals surface area contributed by atoms with E-state index in [4.69, 9.17) is 0 Å². The van der Waals surface area contributed by atoms with Crippen LogP contribution in [0.3, 0.4) is 0 Å². The van der Waals surface area contributed by atoms with Crippen molar-refractivity contribution >= 4 is 0 Å². The second kappa shape index (κ2) is 13.5. The molecule has 6 rings (SSSR count). The van der Waals surface area contributed by atoms with Gasteiger partial charge in [-0.2, -0.15) is 0 Å². The molecule has 0 fully saturated rings. The van der Waals surface area contributed by atoms with Crippen LogP contribution in [0.25, 0.3) is 11.4 Å². The lowest BCUT2D eigenvalue weighted by atomic mass is 10.1. The van der Waals surface area contributed by atoms with Gasteiger partial charge in [0.05, 0.1) is 11.4 Å². The molecule has 0 saturated carbocycles. The van der Waals surface area contributed by atoms with E-state index in [2.05, 4.69) is 38.6 Å². The maximum atomic E-state index is 11.8. The smallest absolute Gasteiger partial charge is 0.252 e. The first-order valence-electron chi connectivity index (χ1n) is 14.3. The third-order valence-corrected chi connectivity index (χ3v) is 6.87. The molecule has 0 radical (unpaired) electrons. The van der Waals surface area contributed by atoms with Gasteiger partial charge in [0.2, 0.25) is 5.56 Å². The molecular weight excluding hydrogens is 560 g/mol. The van der Waals surface area contributed by atoms with E-state index in [9.17, 15) is 9.59 Å². The van der Waals surface area contributed by atoms with Gasteiger partial charge in [0.1, 0.15) is 23.0 Å². The molecule has 2 aromatic carbocycles. The molecule has 8 nitrogen and oxygen atoms in total. The summed E-state index contributed by atoms with van der Waals surface area (Å²) in [4.78, 5) is 34.7. The van der Waals surface area contributed by atoms with E-state index in [1.54, 1.807) is 25.5 Å². The van der Waals surface area contributed by atoms with Gasteiger partial charge in [-0.1, -0.05) is 36.1 Å². The van der Waals surface area contributed by atoms with Gasteiger partial charge in [-0.3, -0.25) is 9.59 Å². The van der Waals surface area contributed by atoms with Crippen molar-refractivity contribution in [3.63, 3.8) is 0 Å². The van der Waals surface area contributed by atoms with Crippen molar-refractivity contribution in [2.45, 2.75) is 27.7 Å². The molecule has 8 heteroatoms. The maximum Gasteiger partial charge on any atom is 0.252 e. The number of hydrogen-bond donors (Lipinski definition) is 1. The topological polar surface area (TPSA) is 90.5 Å². The Bertz CT molecular complexity index is 2240. The molecule has 0 aliphatic carbocycles. The molecule has 0 unspecified atom stereocenters. The van der Waals surface area contributed by atoms with Crippen molar-refractivity contribution < 1.29 is 0 Å². The summed E-state index contributed by atoms with van der Waals surface area (Å²) in [5, 5.41) is 0. The summed E-state index contributed by atoms with van der Waals surface area (Å²) in [6.45, 7) is 7.87. The first-order chi connectivity index (χ1) is 21.6. The molecule has 0 atom stereocenters. The Morgan fingerprint density at radius 2 is 1.18 bits per heavy atom. The van der Waals surface area contributed by atoms with Crippen LogP contribution >= 0.6 is 0 Å². The van der Waals surface area contributed by atoms with Crippen LogP contribution < -0.4 is 11.1 Å². The van der Waals surface area contributed by atoms with Crippen LogP contribution in [0.5, 0.6) is 0 Å². The Kier molecular flexibility index (Phi) is 9.07. The number of aromatic nitrogens is 6. The highest BCUT2D eigenvalue weighted by atomic mass is 16.1. The van der Waals surface area contributed by atoms with Crippen molar-refractivity contribution in [3.8, 4) is 35.1 Å². The fourth-order valence-electron chi connectivity index (χ4n) is 4.58. The molecule has 45 heavy (non-hydrogen) atoms. The third kappa shape index (κ3) is 7.84. The average Bonchev–Trinajstić information content (AvgIpc) is 3.58. The van der Waals surface area contributed by atoms with Crippen molar-refractivity contribution in [2.24, 2.45) is 7.05 Å². The highest BCUT2D eigenvalue weighted by molar-refractivity contribution is 5.44. The molecule has 0 bridgehead atoms. The number of imidazole rings is 2. The normalized spacial score (nSPS) is 10.2. The summed E-state index contributed by atoms with van der Waals surface area (Å²) in [7, 11) is 1.73. The molecule has 0 saturated heterocycles. The van der Waals surface area contributed by atoms with Gasteiger partial charge >= 0.3 is 0 Å². The number of aromatic amines is 1. The van der Waals surface area contributed by atoms with Crippen molar-refractivity contribution in [1.29, 1.82) is 0 Å². The molecule has 4 aromatic heterocycles. The number of benzene rings is 2. The number of H-pyrrole nitrogens is 1. The summed E-state index contributed by atoms with van der Waals surface area (Å²) < 4.78 is 5.27. The lowest BCUT2D eigenvalue weighted by Crippen LogP contribution is -2.15. The van der Waals surface area contributed by atoms with Gasteiger partial charge in [-0.15, -0.1) is 0 Å². The molecule has 0 aliphatic rings. The first kappa shape index (κ1) is 30.3. The molecule has 222 valence electrons. The number of nitrogens with one attached hydrogen (secondary N) is 1. The number of pyridine rings is 2. The zero-order valence-electron chi connectivity index (χ0n) is 25.8. The van der Waals surface area contributed by atoms with Crippen LogP contribution in [0.15, 0.2) is 107 Å². The Hall–Kier alpha value is -6.12. The van der Waals surface area contributed by atoms with Crippen LogP contribution in [0.2, 0.25) is 0 Å². The Morgan fingerprint density at radius 1 is 0.644 bits per heavy atom. The fraction of sp³-hybridized carbons (Fsp3) is 0.135. The zero-order valence-corrected chi connectivity index (χ0v) is 25.8. The monoisotopic (exact) mass is 592 g/mol. The molecule has 0 amide bonds. The lowest BCUT2D eigenvalue weighted by molar-refractivity contribution is 0.847. The van der Waals surface area contributed by atoms with E-state index in [1.807, 2.05) is 110 Å². The van der Waals surface area contributed by atoms with Crippen molar-refractivity contribution in [2.75, 3.05) is 0 Å². The molecule has 1 N–H and O–H groups in total. The molecule has 0 spiro atoms. The summed E-state index contributed by atoms with van der Waals surface area (Å²) >= 11 is 0. The van der Waals surface area contributed by atoms with Gasteiger partial charge < -0.3 is 18.7 Å². The number of rotatable bonds is 2. The van der Waals surface area contributed by atoms with E-state index >= 15 is 0 Å². The maximum absolute atomic E-state index is 11.8. The summed E-state index contributed by atoms with van der Waals surface area (Å²) in [6, 6.07) is 22.9. The molecular formula is C37H32N6O2. The summed E-state index contributed by atoms with van der Waals surface area (Å²) in [5.74, 6) is 14.0. The second-order valence-corrected chi connectivity index (χ2v) is 10.6. The van der Waals surface area contributed by atoms with Crippen LogP contribution in [-0.4, -0.2) is 28.7 Å². The van der Waals surface area contributed by atoms with Crippen LogP contribution in [0.1, 0.15) is 45.3 Å². The Morgan fingerprint density at radius 3 is 1.67 bits per heavy atom. The van der Waals surface area contributed by atoms with Gasteiger partial charge in [0.15, 0.2) is 0 Å². The minimum absolute atomic E-state index is 0.0528. The van der Waals surface area contributed by atoms with Gasteiger partial charge in [-0.05, 0) is 87.1 Å². The predicted octanol–water partition coefficient (Wildman–Crippen LogP) is 5.16. The fourth-order valence-corrected chi connectivity index (χ4v) is 4.58. The van der Waals surface area contributed by atoms with Crippen LogP contribution in [0, 0.1) is 51.4 Å². The van der Waals surface area contributed by atoms with Gasteiger partial charge in [0, 0.05) is 55.1 Å². The Balaban J connectivity index is 0.000000178. The van der Waals surface area contributed by atoms with E-state index in [1.165, 1.54) is 21.8 Å². The lowest BCUT2D eigenvalue weighted by Gasteiger charge is -2.04. The zero-order chi connectivity index (χ0) is 31.9. The first-order valence-corrected chi connectivity index (χ1v) is 14.3. The highest BCUT2D eigenvalue weighted by Gasteiger charge is 2.06. The van der Waals surface area contributed by atoms with Gasteiger partial charge in [-0.25, -0.2) is 9.97 Å². The second-order valence-electron chi connectivity index (χ2n) is 10.6. The molecule has 4 heterocycles. The van der Waals surface area contributed by atoms with E-state index in [0.717, 1.165) is 34.2 Å². The van der Waals surface area contributed by atoms with Crippen LogP contribution in [-0.2, 0) is 7.05 Å². The van der Waals surface area contributed by atoms with Crippen LogP contribution in [0.4, 0.5) is 0 Å². The quantitative estimate of drug-likeness (QED) is 0.281. The minimum Gasteiger partial charge on any atom is -0.329 e. The van der Waals surface area contributed by atoms with Crippen molar-refractivity contribution in [3.05, 3.63) is 164 Å². The summed E-state index contributed by atoms with van der Waals surface area (Å²) in [5.41, 5.74) is 7.02.